The van der Waals surface area contributed by atoms with Crippen LogP contribution in [0.3, 0.4) is 0 Å². The van der Waals surface area contributed by atoms with E-state index in [1.54, 1.807) is 0 Å². The molecule has 0 amide bonds. The van der Waals surface area contributed by atoms with Gasteiger partial charge in [-0.3, -0.25) is 4.79 Å². The zero-order valence-corrected chi connectivity index (χ0v) is 15.6. The Bertz CT molecular complexity index is 516. The predicted octanol–water partition coefficient (Wildman–Crippen LogP) is 3.70. The highest BCUT2D eigenvalue weighted by Crippen LogP contribution is 2.65. The van der Waals surface area contributed by atoms with Gasteiger partial charge in [0, 0.05) is 12.6 Å². The van der Waals surface area contributed by atoms with Crippen LogP contribution in [-0.4, -0.2) is 24.0 Å². The molecule has 0 aromatic rings. The quantitative estimate of drug-likeness (QED) is 0.609. The van der Waals surface area contributed by atoms with E-state index in [0.29, 0.717) is 30.3 Å². The molecule has 3 rings (SSSR count). The Hall–Kier alpha value is -0.670. The summed E-state index contributed by atoms with van der Waals surface area (Å²) in [4.78, 5) is 11.2. The molecule has 0 heterocycles. The normalized spacial score (nSPS) is 49.7. The van der Waals surface area contributed by atoms with Crippen molar-refractivity contribution in [2.75, 3.05) is 6.61 Å². The molecule has 3 aliphatic carbocycles. The van der Waals surface area contributed by atoms with E-state index in [1.165, 1.54) is 12.0 Å². The first kappa shape index (κ1) is 18.1. The molecule has 136 valence electrons. The lowest BCUT2D eigenvalue weighted by atomic mass is 9.46. The number of fused-ring (bicyclic) bond motifs is 3. The van der Waals surface area contributed by atoms with E-state index in [1.807, 2.05) is 6.08 Å². The molecule has 0 radical (unpaired) electrons. The van der Waals surface area contributed by atoms with Gasteiger partial charge in [0.25, 0.3) is 0 Å². The van der Waals surface area contributed by atoms with Gasteiger partial charge in [-0.05, 0) is 79.1 Å². The third kappa shape index (κ3) is 2.50. The van der Waals surface area contributed by atoms with Crippen LogP contribution in [0.15, 0.2) is 11.6 Å². The van der Waals surface area contributed by atoms with Gasteiger partial charge in [-0.25, -0.2) is 0 Å². The van der Waals surface area contributed by atoms with Crippen molar-refractivity contribution in [2.24, 2.45) is 40.2 Å². The van der Waals surface area contributed by atoms with E-state index < -0.39 is 0 Å². The molecule has 7 atom stereocenters. The van der Waals surface area contributed by atoms with Crippen LogP contribution in [0.2, 0.25) is 0 Å². The van der Waals surface area contributed by atoms with Gasteiger partial charge in [0.2, 0.25) is 0 Å². The molecule has 24 heavy (non-hydrogen) atoms. The first-order valence-corrected chi connectivity index (χ1v) is 9.93. The largest absolute Gasteiger partial charge is 0.396 e. The van der Waals surface area contributed by atoms with E-state index in [-0.39, 0.29) is 16.9 Å². The Balaban J connectivity index is 1.99. The number of carbonyl (C=O) groups is 1. The monoisotopic (exact) mass is 333 g/mol. The molecule has 0 aliphatic heterocycles. The fraction of sp³-hybridized carbons (Fsp3) is 0.857. The average Bonchev–Trinajstić information content (AvgIpc) is 2.86. The highest BCUT2D eigenvalue weighted by molar-refractivity contribution is 5.66. The maximum absolute atomic E-state index is 11.2. The van der Waals surface area contributed by atoms with Gasteiger partial charge in [0.15, 0.2) is 0 Å². The van der Waals surface area contributed by atoms with E-state index in [2.05, 4.69) is 20.8 Å². The number of allylic oxidation sites excluding steroid dienone is 2. The standard InChI is InChI=1S/C21H35NO2/c1-4-10-20(2)14(9-11-23)5-7-16-17-8-6-15(13-24)21(17,3)12-18(22)19(16)20/h9,11,15-19,24H,4-8,10,12-13,22H2,1-3H3/b14-9-. The third-order valence-corrected chi connectivity index (χ3v) is 8.20. The summed E-state index contributed by atoms with van der Waals surface area (Å²) in [6.45, 7) is 7.29. The molecule has 0 bridgehead atoms. The molecule has 0 aromatic heterocycles. The summed E-state index contributed by atoms with van der Waals surface area (Å²) in [5.74, 6) is 2.23. The zero-order chi connectivity index (χ0) is 17.5. The summed E-state index contributed by atoms with van der Waals surface area (Å²) in [6, 6.07) is 0.176. The van der Waals surface area contributed by atoms with Crippen molar-refractivity contribution >= 4 is 6.29 Å². The van der Waals surface area contributed by atoms with E-state index in [0.717, 1.165) is 44.8 Å². The smallest absolute Gasteiger partial charge is 0.142 e. The molecule has 3 nitrogen and oxygen atoms in total. The highest BCUT2D eigenvalue weighted by Gasteiger charge is 2.60. The van der Waals surface area contributed by atoms with Crippen LogP contribution in [0.25, 0.3) is 0 Å². The van der Waals surface area contributed by atoms with Crippen LogP contribution in [0, 0.1) is 34.5 Å². The van der Waals surface area contributed by atoms with Crippen molar-refractivity contribution in [2.45, 2.75) is 71.8 Å². The summed E-state index contributed by atoms with van der Waals surface area (Å²) in [5.41, 5.74) is 8.41. The van der Waals surface area contributed by atoms with Gasteiger partial charge in [0.05, 0.1) is 0 Å². The topological polar surface area (TPSA) is 63.3 Å². The van der Waals surface area contributed by atoms with Crippen LogP contribution in [0.1, 0.15) is 65.7 Å². The van der Waals surface area contributed by atoms with Crippen LogP contribution in [-0.2, 0) is 4.79 Å². The highest BCUT2D eigenvalue weighted by atomic mass is 16.3. The lowest BCUT2D eigenvalue weighted by Gasteiger charge is -2.59. The summed E-state index contributed by atoms with van der Waals surface area (Å²) in [5, 5.41) is 9.86. The van der Waals surface area contributed by atoms with Crippen molar-refractivity contribution in [1.29, 1.82) is 0 Å². The summed E-state index contributed by atoms with van der Waals surface area (Å²) in [6.07, 6.45) is 10.7. The van der Waals surface area contributed by atoms with E-state index in [9.17, 15) is 9.90 Å². The van der Waals surface area contributed by atoms with Crippen molar-refractivity contribution in [1.82, 2.24) is 0 Å². The maximum Gasteiger partial charge on any atom is 0.142 e. The van der Waals surface area contributed by atoms with Gasteiger partial charge in [-0.15, -0.1) is 0 Å². The Labute approximate surface area is 147 Å². The lowest BCUT2D eigenvalue weighted by molar-refractivity contribution is -0.104. The maximum atomic E-state index is 11.2. The van der Waals surface area contributed by atoms with Gasteiger partial charge >= 0.3 is 0 Å². The van der Waals surface area contributed by atoms with Gasteiger partial charge in [0.1, 0.15) is 6.29 Å². The van der Waals surface area contributed by atoms with Gasteiger partial charge in [-0.1, -0.05) is 32.8 Å². The van der Waals surface area contributed by atoms with Crippen molar-refractivity contribution < 1.29 is 9.90 Å². The molecule has 0 aromatic carbocycles. The number of rotatable bonds is 4. The van der Waals surface area contributed by atoms with Crippen molar-refractivity contribution in [3.63, 3.8) is 0 Å². The molecule has 3 saturated carbocycles. The number of hydrogen-bond acceptors (Lipinski definition) is 3. The Morgan fingerprint density at radius 2 is 2.04 bits per heavy atom. The fourth-order valence-electron chi connectivity index (χ4n) is 7.22. The summed E-state index contributed by atoms with van der Waals surface area (Å²) < 4.78 is 0. The summed E-state index contributed by atoms with van der Waals surface area (Å²) >= 11 is 0. The number of aliphatic hydroxyl groups excluding tert-OH is 1. The van der Waals surface area contributed by atoms with Crippen LogP contribution >= 0.6 is 0 Å². The minimum Gasteiger partial charge on any atom is -0.396 e. The molecular weight excluding hydrogens is 298 g/mol. The van der Waals surface area contributed by atoms with Crippen molar-refractivity contribution in [3.05, 3.63) is 11.6 Å². The third-order valence-electron chi connectivity index (χ3n) is 8.20. The first-order valence-electron chi connectivity index (χ1n) is 9.93. The Morgan fingerprint density at radius 3 is 2.67 bits per heavy atom. The molecule has 7 unspecified atom stereocenters. The van der Waals surface area contributed by atoms with E-state index >= 15 is 0 Å². The van der Waals surface area contributed by atoms with Gasteiger partial charge < -0.3 is 10.8 Å². The molecule has 3 aliphatic rings. The molecular formula is C21H35NO2. The number of carbonyl (C=O) groups excluding carboxylic acids is 1. The first-order chi connectivity index (χ1) is 11.4. The molecule has 3 fully saturated rings. The molecule has 3 heteroatoms. The van der Waals surface area contributed by atoms with Gasteiger partial charge in [-0.2, -0.15) is 0 Å². The van der Waals surface area contributed by atoms with E-state index in [4.69, 9.17) is 5.73 Å². The minimum absolute atomic E-state index is 0.0661. The van der Waals surface area contributed by atoms with Crippen LogP contribution in [0.5, 0.6) is 0 Å². The molecule has 3 N–H and O–H groups in total. The number of aldehydes is 1. The zero-order valence-electron chi connectivity index (χ0n) is 15.6. The molecule has 0 saturated heterocycles. The molecule has 0 spiro atoms. The number of hydrogen-bond donors (Lipinski definition) is 2. The van der Waals surface area contributed by atoms with Crippen LogP contribution in [0.4, 0.5) is 0 Å². The SMILES string of the molecule is CCCC1(C)/C(=C\C=O)CCC2C1C(N)CC1(C)C(CO)CCC21. The van der Waals surface area contributed by atoms with Crippen LogP contribution < -0.4 is 5.73 Å². The second-order valence-electron chi connectivity index (χ2n) is 9.16. The Morgan fingerprint density at radius 1 is 1.29 bits per heavy atom. The second kappa shape index (κ2) is 6.57. The minimum atomic E-state index is 0.0661. The van der Waals surface area contributed by atoms with Crippen molar-refractivity contribution in [3.8, 4) is 0 Å². The average molecular weight is 334 g/mol. The Kier molecular flexibility index (Phi) is 4.96. The fourth-order valence-corrected chi connectivity index (χ4v) is 7.22. The summed E-state index contributed by atoms with van der Waals surface area (Å²) in [7, 11) is 0. The number of nitrogens with two attached hydrogens (primary N) is 1. The number of aliphatic hydroxyl groups is 1. The lowest BCUT2D eigenvalue weighted by Crippen LogP contribution is -2.58. The predicted molar refractivity (Wildman–Crippen MR) is 97.4 cm³/mol. The second-order valence-corrected chi connectivity index (χ2v) is 9.16.